The summed E-state index contributed by atoms with van der Waals surface area (Å²) in [6.45, 7) is 2.06. The Balaban J connectivity index is 2.41. The van der Waals surface area contributed by atoms with Gasteiger partial charge in [0.15, 0.2) is 0 Å². The number of hydrogen-bond acceptors (Lipinski definition) is 4. The van der Waals surface area contributed by atoms with E-state index in [9.17, 15) is 4.79 Å². The van der Waals surface area contributed by atoms with Crippen LogP contribution in [0.25, 0.3) is 0 Å². The summed E-state index contributed by atoms with van der Waals surface area (Å²) in [5.41, 5.74) is 5.60. The van der Waals surface area contributed by atoms with Crippen LogP contribution >= 0.6 is 0 Å². The molecule has 0 heterocycles. The number of esters is 1. The van der Waals surface area contributed by atoms with E-state index in [0.717, 1.165) is 25.7 Å². The molecule has 1 saturated carbocycles. The highest BCUT2D eigenvalue weighted by atomic mass is 16.5. The number of carbonyl (C=O) groups excluding carboxylic acids is 1. The van der Waals surface area contributed by atoms with Gasteiger partial charge in [0.05, 0.1) is 0 Å². The quantitative estimate of drug-likeness (QED) is 0.695. The van der Waals surface area contributed by atoms with Crippen LogP contribution in [0.5, 0.6) is 0 Å². The molecule has 4 nitrogen and oxygen atoms in total. The van der Waals surface area contributed by atoms with Gasteiger partial charge in [-0.05, 0) is 38.0 Å². The Hall–Kier alpha value is -0.610. The largest absolute Gasteiger partial charge is 0.461 e. The molecule has 1 fully saturated rings. The maximum Gasteiger partial charge on any atom is 0.323 e. The fraction of sp³-hybridized carbons (Fsp3) is 0.917. The van der Waals surface area contributed by atoms with Crippen LogP contribution in [0.4, 0.5) is 0 Å². The lowest BCUT2D eigenvalue weighted by molar-refractivity contribution is -0.155. The summed E-state index contributed by atoms with van der Waals surface area (Å²) in [6.07, 6.45) is 5.82. The van der Waals surface area contributed by atoms with Gasteiger partial charge in [0, 0.05) is 6.61 Å². The van der Waals surface area contributed by atoms with Crippen molar-refractivity contribution in [3.8, 4) is 0 Å². The highest BCUT2D eigenvalue weighted by Gasteiger charge is 2.28. The number of aliphatic hydroxyl groups excluding tert-OH is 1. The third kappa shape index (κ3) is 3.76. The van der Waals surface area contributed by atoms with Gasteiger partial charge in [-0.1, -0.05) is 13.3 Å². The summed E-state index contributed by atoms with van der Waals surface area (Å²) in [5, 5.41) is 8.70. The molecule has 0 aromatic rings. The molecule has 3 N–H and O–H groups in total. The third-order valence-corrected chi connectivity index (χ3v) is 3.37. The lowest BCUT2D eigenvalue weighted by Crippen LogP contribution is -2.38. The van der Waals surface area contributed by atoms with Gasteiger partial charge in [-0.3, -0.25) is 4.79 Å². The number of ether oxygens (including phenoxy) is 1. The van der Waals surface area contributed by atoms with E-state index in [0.29, 0.717) is 5.92 Å². The Morgan fingerprint density at radius 3 is 2.81 bits per heavy atom. The van der Waals surface area contributed by atoms with Crippen LogP contribution in [0.2, 0.25) is 0 Å². The Morgan fingerprint density at radius 1 is 1.50 bits per heavy atom. The van der Waals surface area contributed by atoms with Gasteiger partial charge in [0.25, 0.3) is 0 Å². The van der Waals surface area contributed by atoms with Crippen molar-refractivity contribution < 1.29 is 14.6 Å². The number of hydrogen-bond donors (Lipinski definition) is 2. The molecule has 16 heavy (non-hydrogen) atoms. The molecule has 0 spiro atoms. The van der Waals surface area contributed by atoms with E-state index < -0.39 is 6.04 Å². The first-order chi connectivity index (χ1) is 7.69. The van der Waals surface area contributed by atoms with E-state index >= 15 is 0 Å². The SMILES string of the molecule is CCC1CCCCC1OC(=O)[C@@H](N)CCO. The molecule has 0 saturated heterocycles. The third-order valence-electron chi connectivity index (χ3n) is 3.37. The van der Waals surface area contributed by atoms with Gasteiger partial charge in [0.2, 0.25) is 0 Å². The lowest BCUT2D eigenvalue weighted by atomic mass is 9.85. The maximum absolute atomic E-state index is 11.6. The van der Waals surface area contributed by atoms with Crippen molar-refractivity contribution in [3.63, 3.8) is 0 Å². The number of carbonyl (C=O) groups is 1. The summed E-state index contributed by atoms with van der Waals surface area (Å²) in [4.78, 5) is 11.6. The second-order valence-electron chi connectivity index (χ2n) is 4.55. The van der Waals surface area contributed by atoms with E-state index in [1.54, 1.807) is 0 Å². The van der Waals surface area contributed by atoms with Crippen molar-refractivity contribution in [3.05, 3.63) is 0 Å². The first-order valence-electron chi connectivity index (χ1n) is 6.26. The van der Waals surface area contributed by atoms with Gasteiger partial charge in [-0.2, -0.15) is 0 Å². The van der Waals surface area contributed by atoms with Crippen LogP contribution in [0.1, 0.15) is 45.4 Å². The molecule has 0 radical (unpaired) electrons. The topological polar surface area (TPSA) is 72.5 Å². The second kappa shape index (κ2) is 6.86. The molecule has 94 valence electrons. The van der Waals surface area contributed by atoms with E-state index in [1.807, 2.05) is 0 Å². The molecule has 0 aromatic heterocycles. The number of rotatable bonds is 5. The Kier molecular flexibility index (Phi) is 5.77. The zero-order valence-corrected chi connectivity index (χ0v) is 10.0. The van der Waals surface area contributed by atoms with E-state index in [2.05, 4.69) is 6.92 Å². The van der Waals surface area contributed by atoms with Crippen LogP contribution in [0.15, 0.2) is 0 Å². The Morgan fingerprint density at radius 2 is 2.19 bits per heavy atom. The van der Waals surface area contributed by atoms with Crippen molar-refractivity contribution >= 4 is 5.97 Å². The van der Waals surface area contributed by atoms with Gasteiger partial charge in [-0.25, -0.2) is 0 Å². The molecule has 1 aliphatic carbocycles. The van der Waals surface area contributed by atoms with Gasteiger partial charge >= 0.3 is 5.97 Å². The molecule has 0 aliphatic heterocycles. The predicted octanol–water partition coefficient (Wildman–Crippen LogP) is 1.21. The summed E-state index contributed by atoms with van der Waals surface area (Å²) in [5.74, 6) is 0.124. The summed E-state index contributed by atoms with van der Waals surface area (Å²) >= 11 is 0. The molecular formula is C12H23NO3. The fourth-order valence-electron chi connectivity index (χ4n) is 2.29. The Labute approximate surface area is 97.2 Å². The van der Waals surface area contributed by atoms with Crippen molar-refractivity contribution in [1.29, 1.82) is 0 Å². The molecular weight excluding hydrogens is 206 g/mol. The maximum atomic E-state index is 11.6. The minimum Gasteiger partial charge on any atom is -0.461 e. The summed E-state index contributed by atoms with van der Waals surface area (Å²) in [6, 6.07) is -0.676. The summed E-state index contributed by atoms with van der Waals surface area (Å²) < 4.78 is 5.43. The van der Waals surface area contributed by atoms with Crippen LogP contribution in [-0.2, 0) is 9.53 Å². The van der Waals surface area contributed by atoms with Gasteiger partial charge in [0.1, 0.15) is 12.1 Å². The number of aliphatic hydroxyl groups is 1. The standard InChI is InChI=1S/C12H23NO3/c1-2-9-5-3-4-6-11(9)16-12(15)10(13)7-8-14/h9-11,14H,2-8,13H2,1H3/t9?,10-,11?/m0/s1. The van der Waals surface area contributed by atoms with E-state index in [1.165, 1.54) is 6.42 Å². The van der Waals surface area contributed by atoms with E-state index in [-0.39, 0.29) is 25.1 Å². The predicted molar refractivity (Wildman–Crippen MR) is 61.8 cm³/mol. The molecule has 0 aromatic carbocycles. The molecule has 0 bridgehead atoms. The second-order valence-corrected chi connectivity index (χ2v) is 4.55. The highest BCUT2D eigenvalue weighted by molar-refractivity contribution is 5.75. The van der Waals surface area contributed by atoms with Crippen LogP contribution < -0.4 is 5.73 Å². The zero-order chi connectivity index (χ0) is 12.0. The van der Waals surface area contributed by atoms with Crippen LogP contribution in [-0.4, -0.2) is 29.8 Å². The zero-order valence-electron chi connectivity index (χ0n) is 10.0. The lowest BCUT2D eigenvalue weighted by Gasteiger charge is -2.31. The molecule has 1 rings (SSSR count). The number of nitrogens with two attached hydrogens (primary N) is 1. The monoisotopic (exact) mass is 229 g/mol. The normalized spacial score (nSPS) is 27.4. The summed E-state index contributed by atoms with van der Waals surface area (Å²) in [7, 11) is 0. The average molecular weight is 229 g/mol. The van der Waals surface area contributed by atoms with Crippen molar-refractivity contribution in [2.45, 2.75) is 57.6 Å². The molecule has 1 aliphatic rings. The van der Waals surface area contributed by atoms with Gasteiger partial charge < -0.3 is 15.6 Å². The van der Waals surface area contributed by atoms with Crippen LogP contribution in [0.3, 0.4) is 0 Å². The average Bonchev–Trinajstić information content (AvgIpc) is 2.30. The van der Waals surface area contributed by atoms with Crippen molar-refractivity contribution in [1.82, 2.24) is 0 Å². The van der Waals surface area contributed by atoms with Crippen molar-refractivity contribution in [2.24, 2.45) is 11.7 Å². The van der Waals surface area contributed by atoms with Crippen LogP contribution in [0, 0.1) is 5.92 Å². The first kappa shape index (κ1) is 13.5. The first-order valence-corrected chi connectivity index (χ1v) is 6.26. The smallest absolute Gasteiger partial charge is 0.323 e. The molecule has 4 heteroatoms. The van der Waals surface area contributed by atoms with Gasteiger partial charge in [-0.15, -0.1) is 0 Å². The fourth-order valence-corrected chi connectivity index (χ4v) is 2.29. The Bertz CT molecular complexity index is 220. The molecule has 0 amide bonds. The minimum absolute atomic E-state index is 0.0380. The van der Waals surface area contributed by atoms with Crippen molar-refractivity contribution in [2.75, 3.05) is 6.61 Å². The molecule has 3 atom stereocenters. The molecule has 2 unspecified atom stereocenters. The minimum atomic E-state index is -0.676. The highest BCUT2D eigenvalue weighted by Crippen LogP contribution is 2.29. The van der Waals surface area contributed by atoms with E-state index in [4.69, 9.17) is 15.6 Å².